The van der Waals surface area contributed by atoms with Gasteiger partial charge in [0.1, 0.15) is 5.75 Å². The minimum Gasteiger partial charge on any atom is -0.493 e. The van der Waals surface area contributed by atoms with Crippen LogP contribution in [0.1, 0.15) is 30.7 Å². The number of aliphatic hydroxyl groups is 1. The Hall–Kier alpha value is -1.07. The van der Waals surface area contributed by atoms with Crippen molar-refractivity contribution in [2.24, 2.45) is 5.92 Å². The van der Waals surface area contributed by atoms with E-state index in [2.05, 4.69) is 0 Å². The SMILES string of the molecule is O=S1(=O)CCC(C(O)CC2CCOc3ccccc32)C1. The minimum absolute atomic E-state index is 0.102. The van der Waals surface area contributed by atoms with E-state index < -0.39 is 15.9 Å². The van der Waals surface area contributed by atoms with Crippen LogP contribution in [0, 0.1) is 5.92 Å². The first kappa shape index (κ1) is 13.9. The second kappa shape index (κ2) is 5.37. The first-order valence-corrected chi connectivity index (χ1v) is 8.97. The molecule has 1 saturated heterocycles. The summed E-state index contributed by atoms with van der Waals surface area (Å²) in [7, 11) is -2.93. The molecule has 1 aromatic carbocycles. The Morgan fingerprint density at radius 3 is 2.85 bits per heavy atom. The normalized spacial score (nSPS) is 29.4. The standard InChI is InChI=1S/C15H20O4S/c16-14(12-6-8-20(17,18)10-12)9-11-5-7-19-15-4-2-1-3-13(11)15/h1-4,11-12,14,16H,5-10H2. The van der Waals surface area contributed by atoms with Gasteiger partial charge in [0, 0.05) is 0 Å². The Labute approximate surface area is 119 Å². The van der Waals surface area contributed by atoms with Crippen molar-refractivity contribution in [1.29, 1.82) is 0 Å². The van der Waals surface area contributed by atoms with E-state index in [4.69, 9.17) is 4.74 Å². The van der Waals surface area contributed by atoms with Gasteiger partial charge in [-0.3, -0.25) is 0 Å². The van der Waals surface area contributed by atoms with Crippen molar-refractivity contribution in [1.82, 2.24) is 0 Å². The molecule has 2 aliphatic rings. The van der Waals surface area contributed by atoms with Gasteiger partial charge in [0.15, 0.2) is 9.84 Å². The predicted molar refractivity (Wildman–Crippen MR) is 76.7 cm³/mol. The summed E-state index contributed by atoms with van der Waals surface area (Å²) in [6, 6.07) is 7.92. The van der Waals surface area contributed by atoms with Gasteiger partial charge in [-0.2, -0.15) is 0 Å². The molecule has 1 aromatic rings. The number of rotatable bonds is 3. The van der Waals surface area contributed by atoms with Gasteiger partial charge in [-0.25, -0.2) is 8.42 Å². The molecule has 5 heteroatoms. The Morgan fingerprint density at radius 1 is 1.30 bits per heavy atom. The molecule has 0 saturated carbocycles. The van der Waals surface area contributed by atoms with Crippen LogP contribution < -0.4 is 4.74 Å². The number of benzene rings is 1. The second-order valence-electron chi connectivity index (χ2n) is 5.84. The zero-order valence-corrected chi connectivity index (χ0v) is 12.2. The van der Waals surface area contributed by atoms with Crippen molar-refractivity contribution >= 4 is 9.84 Å². The smallest absolute Gasteiger partial charge is 0.150 e. The van der Waals surface area contributed by atoms with E-state index in [0.717, 1.165) is 17.7 Å². The molecule has 3 unspecified atom stereocenters. The van der Waals surface area contributed by atoms with Crippen molar-refractivity contribution in [3.05, 3.63) is 29.8 Å². The molecule has 2 heterocycles. The molecule has 4 nitrogen and oxygen atoms in total. The minimum atomic E-state index is -2.93. The van der Waals surface area contributed by atoms with Crippen molar-refractivity contribution in [3.63, 3.8) is 0 Å². The topological polar surface area (TPSA) is 63.6 Å². The van der Waals surface area contributed by atoms with E-state index in [1.165, 1.54) is 0 Å². The van der Waals surface area contributed by atoms with Gasteiger partial charge in [-0.15, -0.1) is 0 Å². The molecule has 2 aliphatic heterocycles. The molecule has 1 fully saturated rings. The third kappa shape index (κ3) is 2.83. The lowest BCUT2D eigenvalue weighted by Crippen LogP contribution is -2.26. The van der Waals surface area contributed by atoms with Crippen LogP contribution in [-0.2, 0) is 9.84 Å². The Kier molecular flexibility index (Phi) is 3.73. The number of ether oxygens (including phenoxy) is 1. The number of sulfone groups is 1. The average molecular weight is 296 g/mol. The predicted octanol–water partition coefficient (Wildman–Crippen LogP) is 1.74. The van der Waals surface area contributed by atoms with Crippen LogP contribution >= 0.6 is 0 Å². The highest BCUT2D eigenvalue weighted by Gasteiger charge is 2.35. The summed E-state index contributed by atoms with van der Waals surface area (Å²) < 4.78 is 28.6. The van der Waals surface area contributed by atoms with E-state index in [1.54, 1.807) is 0 Å². The third-order valence-corrected chi connectivity index (χ3v) is 6.21. The Balaban J connectivity index is 1.70. The van der Waals surface area contributed by atoms with Gasteiger partial charge >= 0.3 is 0 Å². The second-order valence-corrected chi connectivity index (χ2v) is 8.07. The fourth-order valence-corrected chi connectivity index (χ4v) is 5.14. The maximum Gasteiger partial charge on any atom is 0.150 e. The Morgan fingerprint density at radius 2 is 2.10 bits per heavy atom. The van der Waals surface area contributed by atoms with Gasteiger partial charge in [-0.1, -0.05) is 18.2 Å². The molecule has 1 N–H and O–H groups in total. The number of hydrogen-bond acceptors (Lipinski definition) is 4. The molecule has 0 aliphatic carbocycles. The number of hydrogen-bond donors (Lipinski definition) is 1. The van der Waals surface area contributed by atoms with Crippen LogP contribution in [0.25, 0.3) is 0 Å². The summed E-state index contributed by atoms with van der Waals surface area (Å²) in [6.07, 6.45) is 1.56. The fraction of sp³-hybridized carbons (Fsp3) is 0.600. The van der Waals surface area contributed by atoms with Crippen LogP contribution in [0.2, 0.25) is 0 Å². The van der Waals surface area contributed by atoms with Gasteiger partial charge in [0.05, 0.1) is 24.2 Å². The maximum absolute atomic E-state index is 11.5. The molecule has 3 atom stereocenters. The molecular formula is C15H20O4S. The fourth-order valence-electron chi connectivity index (χ4n) is 3.27. The maximum atomic E-state index is 11.5. The molecule has 0 bridgehead atoms. The van der Waals surface area contributed by atoms with E-state index in [-0.39, 0.29) is 23.3 Å². The van der Waals surface area contributed by atoms with E-state index in [0.29, 0.717) is 19.4 Å². The number of para-hydroxylation sites is 1. The van der Waals surface area contributed by atoms with Crippen LogP contribution in [-0.4, -0.2) is 37.7 Å². The van der Waals surface area contributed by atoms with E-state index >= 15 is 0 Å². The average Bonchev–Trinajstić information content (AvgIpc) is 2.80. The van der Waals surface area contributed by atoms with Crippen molar-refractivity contribution < 1.29 is 18.3 Å². The number of aliphatic hydroxyl groups excluding tert-OH is 1. The van der Waals surface area contributed by atoms with Gasteiger partial charge < -0.3 is 9.84 Å². The van der Waals surface area contributed by atoms with Gasteiger partial charge in [0.25, 0.3) is 0 Å². The first-order chi connectivity index (χ1) is 9.55. The van der Waals surface area contributed by atoms with Gasteiger partial charge in [0.2, 0.25) is 0 Å². The number of fused-ring (bicyclic) bond motifs is 1. The highest BCUT2D eigenvalue weighted by molar-refractivity contribution is 7.91. The highest BCUT2D eigenvalue weighted by Crippen LogP contribution is 2.38. The summed E-state index contributed by atoms with van der Waals surface area (Å²) in [4.78, 5) is 0. The monoisotopic (exact) mass is 296 g/mol. The van der Waals surface area contributed by atoms with E-state index in [1.807, 2.05) is 24.3 Å². The molecule has 110 valence electrons. The molecule has 0 amide bonds. The van der Waals surface area contributed by atoms with Crippen molar-refractivity contribution in [2.75, 3.05) is 18.1 Å². The quantitative estimate of drug-likeness (QED) is 0.923. The zero-order chi connectivity index (χ0) is 14.2. The van der Waals surface area contributed by atoms with Crippen LogP contribution in [0.5, 0.6) is 5.75 Å². The molecule has 0 radical (unpaired) electrons. The third-order valence-electron chi connectivity index (χ3n) is 4.42. The lowest BCUT2D eigenvalue weighted by Gasteiger charge is -2.29. The van der Waals surface area contributed by atoms with E-state index in [9.17, 15) is 13.5 Å². The lowest BCUT2D eigenvalue weighted by molar-refractivity contribution is 0.0959. The molecule has 0 spiro atoms. The summed E-state index contributed by atoms with van der Waals surface area (Å²) in [6.45, 7) is 0.664. The molecular weight excluding hydrogens is 276 g/mol. The van der Waals surface area contributed by atoms with Crippen molar-refractivity contribution in [2.45, 2.75) is 31.3 Å². The van der Waals surface area contributed by atoms with Crippen LogP contribution in [0.4, 0.5) is 0 Å². The molecule has 20 heavy (non-hydrogen) atoms. The zero-order valence-electron chi connectivity index (χ0n) is 11.4. The summed E-state index contributed by atoms with van der Waals surface area (Å²) in [5.41, 5.74) is 1.14. The Bertz CT molecular complexity index is 581. The summed E-state index contributed by atoms with van der Waals surface area (Å²) in [5.74, 6) is 1.42. The molecule has 0 aromatic heterocycles. The van der Waals surface area contributed by atoms with Gasteiger partial charge in [-0.05, 0) is 42.7 Å². The van der Waals surface area contributed by atoms with Crippen LogP contribution in [0.15, 0.2) is 24.3 Å². The largest absolute Gasteiger partial charge is 0.493 e. The van der Waals surface area contributed by atoms with Crippen LogP contribution in [0.3, 0.4) is 0 Å². The first-order valence-electron chi connectivity index (χ1n) is 7.15. The summed E-state index contributed by atoms with van der Waals surface area (Å²) >= 11 is 0. The highest BCUT2D eigenvalue weighted by atomic mass is 32.2. The lowest BCUT2D eigenvalue weighted by atomic mass is 9.85. The summed E-state index contributed by atoms with van der Waals surface area (Å²) in [5, 5.41) is 10.4. The molecule has 3 rings (SSSR count). The van der Waals surface area contributed by atoms with Crippen molar-refractivity contribution in [3.8, 4) is 5.75 Å².